The number of benzene rings is 2. The van der Waals surface area contributed by atoms with Crippen molar-refractivity contribution in [1.82, 2.24) is 4.72 Å². The summed E-state index contributed by atoms with van der Waals surface area (Å²) in [7, 11) is -3.19. The van der Waals surface area contributed by atoms with E-state index in [1.165, 1.54) is 0 Å². The maximum atomic E-state index is 11.9. The van der Waals surface area contributed by atoms with E-state index in [0.717, 1.165) is 11.1 Å². The molecule has 0 saturated heterocycles. The van der Waals surface area contributed by atoms with Crippen molar-refractivity contribution in [2.24, 2.45) is 0 Å². The predicted molar refractivity (Wildman–Crippen MR) is 86.8 cm³/mol. The van der Waals surface area contributed by atoms with E-state index in [-0.39, 0.29) is 11.7 Å². The molecule has 21 heavy (non-hydrogen) atoms. The normalized spacial score (nSPS) is 11.7. The molecule has 0 bridgehead atoms. The second kappa shape index (κ2) is 7.38. The van der Waals surface area contributed by atoms with Crippen molar-refractivity contribution in [3.63, 3.8) is 0 Å². The van der Waals surface area contributed by atoms with Crippen LogP contribution < -0.4 is 4.72 Å². The maximum Gasteiger partial charge on any atom is 0.211 e. The van der Waals surface area contributed by atoms with Gasteiger partial charge < -0.3 is 0 Å². The molecule has 0 fully saturated rings. The highest BCUT2D eigenvalue weighted by molar-refractivity contribution is 7.89. The summed E-state index contributed by atoms with van der Waals surface area (Å²) in [5.74, 6) is 0.197. The molecule has 0 radical (unpaired) electrons. The van der Waals surface area contributed by atoms with Crippen LogP contribution in [0.1, 0.15) is 30.4 Å². The molecule has 2 aromatic rings. The first-order valence-electron chi connectivity index (χ1n) is 7.19. The fourth-order valence-corrected chi connectivity index (χ4v) is 3.45. The highest BCUT2D eigenvalue weighted by atomic mass is 32.2. The van der Waals surface area contributed by atoms with Crippen LogP contribution in [0.5, 0.6) is 0 Å². The van der Waals surface area contributed by atoms with Crippen LogP contribution in [0.4, 0.5) is 0 Å². The first kappa shape index (κ1) is 15.7. The fourth-order valence-electron chi connectivity index (χ4n) is 2.35. The molecule has 4 heteroatoms. The maximum absolute atomic E-state index is 11.9. The van der Waals surface area contributed by atoms with Crippen LogP contribution in [0, 0.1) is 0 Å². The topological polar surface area (TPSA) is 46.2 Å². The Morgan fingerprint density at radius 3 is 1.81 bits per heavy atom. The van der Waals surface area contributed by atoms with Crippen molar-refractivity contribution < 1.29 is 8.42 Å². The first-order chi connectivity index (χ1) is 10.1. The third kappa shape index (κ3) is 4.69. The highest BCUT2D eigenvalue weighted by Crippen LogP contribution is 2.23. The molecule has 0 amide bonds. The smallest absolute Gasteiger partial charge is 0.211 e. The van der Waals surface area contributed by atoms with Crippen molar-refractivity contribution in [2.45, 2.75) is 19.3 Å². The lowest BCUT2D eigenvalue weighted by atomic mass is 9.92. The summed E-state index contributed by atoms with van der Waals surface area (Å²) in [6, 6.07) is 20.0. The Labute approximate surface area is 127 Å². The zero-order chi connectivity index (χ0) is 15.1. The van der Waals surface area contributed by atoms with E-state index in [1.54, 1.807) is 0 Å². The van der Waals surface area contributed by atoms with Gasteiger partial charge in [-0.05, 0) is 17.5 Å². The zero-order valence-electron chi connectivity index (χ0n) is 12.2. The van der Waals surface area contributed by atoms with Crippen LogP contribution in [0.3, 0.4) is 0 Å². The molecule has 112 valence electrons. The Balaban J connectivity index is 2.22. The molecular formula is C17H21NO2S. The summed E-state index contributed by atoms with van der Waals surface area (Å²) < 4.78 is 26.5. The summed E-state index contributed by atoms with van der Waals surface area (Å²) in [5.41, 5.74) is 2.23. The molecule has 3 nitrogen and oxygen atoms in total. The standard InChI is InChI=1S/C17H21NO2S/c1-2-13-21(19,20)18-14-17(15-9-5-3-6-10-15)16-11-7-4-8-12-16/h3-12,17-18H,2,13-14H2,1H3. The lowest BCUT2D eigenvalue weighted by Crippen LogP contribution is -2.30. The molecule has 0 aliphatic heterocycles. The molecule has 1 N–H and O–H groups in total. The van der Waals surface area contributed by atoms with Gasteiger partial charge in [-0.25, -0.2) is 13.1 Å². The van der Waals surface area contributed by atoms with Gasteiger partial charge in [0.2, 0.25) is 10.0 Å². The van der Waals surface area contributed by atoms with Crippen molar-refractivity contribution >= 4 is 10.0 Å². The first-order valence-corrected chi connectivity index (χ1v) is 8.85. The van der Waals surface area contributed by atoms with Gasteiger partial charge in [0.05, 0.1) is 5.75 Å². The minimum atomic E-state index is -3.19. The minimum absolute atomic E-state index is 0.0269. The zero-order valence-corrected chi connectivity index (χ0v) is 13.0. The van der Waals surface area contributed by atoms with E-state index in [1.807, 2.05) is 67.6 Å². The van der Waals surface area contributed by atoms with Crippen molar-refractivity contribution in [2.75, 3.05) is 12.3 Å². The summed E-state index contributed by atoms with van der Waals surface area (Å²) >= 11 is 0. The van der Waals surface area contributed by atoms with E-state index in [0.29, 0.717) is 13.0 Å². The molecule has 0 saturated carbocycles. The van der Waals surface area contributed by atoms with E-state index >= 15 is 0 Å². The van der Waals surface area contributed by atoms with Gasteiger partial charge in [0.25, 0.3) is 0 Å². The van der Waals surface area contributed by atoms with E-state index < -0.39 is 10.0 Å². The van der Waals surface area contributed by atoms with Crippen LogP contribution in [-0.2, 0) is 10.0 Å². The Hall–Kier alpha value is -1.65. The lowest BCUT2D eigenvalue weighted by Gasteiger charge is -2.18. The fraction of sp³-hybridized carbons (Fsp3) is 0.294. The van der Waals surface area contributed by atoms with Crippen LogP contribution in [0.25, 0.3) is 0 Å². The van der Waals surface area contributed by atoms with Gasteiger partial charge in [-0.15, -0.1) is 0 Å². The van der Waals surface area contributed by atoms with Gasteiger partial charge in [-0.1, -0.05) is 67.6 Å². The Kier molecular flexibility index (Phi) is 5.53. The number of hydrogen-bond acceptors (Lipinski definition) is 2. The minimum Gasteiger partial charge on any atom is -0.214 e. The van der Waals surface area contributed by atoms with Crippen molar-refractivity contribution in [3.8, 4) is 0 Å². The SMILES string of the molecule is CCCS(=O)(=O)NCC(c1ccccc1)c1ccccc1. The summed E-state index contributed by atoms with van der Waals surface area (Å²) in [6.45, 7) is 2.25. The van der Waals surface area contributed by atoms with Crippen LogP contribution in [0.15, 0.2) is 60.7 Å². The van der Waals surface area contributed by atoms with E-state index in [4.69, 9.17) is 0 Å². The Bertz CT molecular complexity index is 600. The number of rotatable bonds is 7. The molecule has 0 atom stereocenters. The summed E-state index contributed by atoms with van der Waals surface area (Å²) in [5, 5.41) is 0. The summed E-state index contributed by atoms with van der Waals surface area (Å²) in [4.78, 5) is 0. The van der Waals surface area contributed by atoms with Crippen molar-refractivity contribution in [3.05, 3.63) is 71.8 Å². The Morgan fingerprint density at radius 1 is 0.905 bits per heavy atom. The van der Waals surface area contributed by atoms with Crippen LogP contribution in [-0.4, -0.2) is 20.7 Å². The quantitative estimate of drug-likeness (QED) is 0.854. The molecule has 0 aromatic heterocycles. The van der Waals surface area contributed by atoms with Gasteiger partial charge in [0.1, 0.15) is 0 Å². The Morgan fingerprint density at radius 2 is 1.38 bits per heavy atom. The number of nitrogens with one attached hydrogen (secondary N) is 1. The highest BCUT2D eigenvalue weighted by Gasteiger charge is 2.17. The second-order valence-electron chi connectivity index (χ2n) is 5.04. The average Bonchev–Trinajstić information content (AvgIpc) is 2.49. The number of hydrogen-bond donors (Lipinski definition) is 1. The molecule has 0 aliphatic carbocycles. The van der Waals surface area contributed by atoms with Crippen LogP contribution >= 0.6 is 0 Å². The van der Waals surface area contributed by atoms with Crippen molar-refractivity contribution in [1.29, 1.82) is 0 Å². The average molecular weight is 303 g/mol. The monoisotopic (exact) mass is 303 g/mol. The van der Waals surface area contributed by atoms with E-state index in [9.17, 15) is 8.42 Å². The molecule has 0 unspecified atom stereocenters. The molecular weight excluding hydrogens is 282 g/mol. The molecule has 2 rings (SSSR count). The third-order valence-electron chi connectivity index (χ3n) is 3.38. The molecule has 0 aliphatic rings. The second-order valence-corrected chi connectivity index (χ2v) is 6.97. The van der Waals surface area contributed by atoms with Gasteiger partial charge in [-0.3, -0.25) is 0 Å². The number of sulfonamides is 1. The predicted octanol–water partition coefficient (Wildman–Crippen LogP) is 3.15. The van der Waals surface area contributed by atoms with E-state index in [2.05, 4.69) is 4.72 Å². The van der Waals surface area contributed by atoms with Gasteiger partial charge in [0, 0.05) is 12.5 Å². The lowest BCUT2D eigenvalue weighted by molar-refractivity contribution is 0.576. The summed E-state index contributed by atoms with van der Waals surface area (Å²) in [6.07, 6.45) is 0.622. The third-order valence-corrected chi connectivity index (χ3v) is 4.94. The molecule has 0 spiro atoms. The largest absolute Gasteiger partial charge is 0.214 e. The van der Waals surface area contributed by atoms with Gasteiger partial charge >= 0.3 is 0 Å². The van der Waals surface area contributed by atoms with Gasteiger partial charge in [-0.2, -0.15) is 0 Å². The molecule has 0 heterocycles. The van der Waals surface area contributed by atoms with Gasteiger partial charge in [0.15, 0.2) is 0 Å². The molecule has 2 aromatic carbocycles. The van der Waals surface area contributed by atoms with Crippen LogP contribution in [0.2, 0.25) is 0 Å².